The number of carbonyl (C=O) groups excluding carboxylic acids is 1. The minimum absolute atomic E-state index is 0.0402. The van der Waals surface area contributed by atoms with E-state index in [-0.39, 0.29) is 22.9 Å². The van der Waals surface area contributed by atoms with Crippen molar-refractivity contribution in [2.75, 3.05) is 23.4 Å². The highest BCUT2D eigenvalue weighted by Gasteiger charge is 2.23. The lowest BCUT2D eigenvalue weighted by Gasteiger charge is -2.13. The number of nitrogens with zero attached hydrogens (tertiary/aromatic N) is 3. The predicted molar refractivity (Wildman–Crippen MR) is 128 cm³/mol. The number of thioether (sulfide) groups is 2. The molecular formula is C22H20N4O5S2. The molecule has 0 aliphatic carbocycles. The van der Waals surface area contributed by atoms with Crippen molar-refractivity contribution in [3.63, 3.8) is 0 Å². The summed E-state index contributed by atoms with van der Waals surface area (Å²) >= 11 is 2.59. The lowest BCUT2D eigenvalue weighted by molar-refractivity contribution is -0.384. The van der Waals surface area contributed by atoms with E-state index < -0.39 is 4.92 Å². The standard InChI is InChI=1S/C22H20N4O5S2/c1-2-31-17-9-3-14(4-10-17)23-19(27)13-33-22-24-18-11-12-32-20(18)21(28)25(22)15-5-7-16(8-6-15)26(29)30/h3-10H,2,11-13H2,1H3,(H,23,27). The summed E-state index contributed by atoms with van der Waals surface area (Å²) in [7, 11) is 0. The number of nitro groups is 1. The molecule has 1 aliphatic heterocycles. The molecule has 2 aromatic carbocycles. The molecule has 1 N–H and O–H groups in total. The van der Waals surface area contributed by atoms with E-state index in [1.807, 2.05) is 6.92 Å². The van der Waals surface area contributed by atoms with E-state index in [4.69, 9.17) is 4.74 Å². The van der Waals surface area contributed by atoms with Gasteiger partial charge in [-0.25, -0.2) is 4.98 Å². The van der Waals surface area contributed by atoms with E-state index in [0.717, 1.165) is 29.0 Å². The summed E-state index contributed by atoms with van der Waals surface area (Å²) in [5, 5.41) is 14.2. The van der Waals surface area contributed by atoms with Crippen LogP contribution in [0.25, 0.3) is 5.69 Å². The van der Waals surface area contributed by atoms with E-state index in [0.29, 0.717) is 34.5 Å². The van der Waals surface area contributed by atoms with Gasteiger partial charge in [0.25, 0.3) is 11.2 Å². The monoisotopic (exact) mass is 484 g/mol. The topological polar surface area (TPSA) is 116 Å². The molecule has 0 fully saturated rings. The predicted octanol–water partition coefficient (Wildman–Crippen LogP) is 3.92. The van der Waals surface area contributed by atoms with E-state index in [1.165, 1.54) is 40.6 Å². The summed E-state index contributed by atoms with van der Waals surface area (Å²) in [4.78, 5) is 41.4. The molecule has 3 aromatic rings. The zero-order valence-corrected chi connectivity index (χ0v) is 19.3. The molecule has 170 valence electrons. The molecule has 1 amide bonds. The normalized spacial score (nSPS) is 12.3. The molecule has 0 atom stereocenters. The van der Waals surface area contributed by atoms with Gasteiger partial charge >= 0.3 is 0 Å². The lowest BCUT2D eigenvalue weighted by atomic mass is 10.2. The first-order valence-corrected chi connectivity index (χ1v) is 12.1. The first kappa shape index (κ1) is 22.9. The molecule has 33 heavy (non-hydrogen) atoms. The lowest BCUT2D eigenvalue weighted by Crippen LogP contribution is -2.24. The Morgan fingerprint density at radius 3 is 2.64 bits per heavy atom. The fourth-order valence-corrected chi connectivity index (χ4v) is 5.12. The Morgan fingerprint density at radius 2 is 1.97 bits per heavy atom. The number of carbonyl (C=O) groups is 1. The number of hydrogen-bond acceptors (Lipinski definition) is 8. The molecular weight excluding hydrogens is 464 g/mol. The Hall–Kier alpha value is -3.31. The van der Waals surface area contributed by atoms with Crippen LogP contribution >= 0.6 is 23.5 Å². The Balaban J connectivity index is 1.55. The summed E-state index contributed by atoms with van der Waals surface area (Å²) in [5.74, 6) is 1.28. The second-order valence-corrected chi connectivity index (χ2v) is 9.02. The smallest absolute Gasteiger partial charge is 0.272 e. The number of rotatable bonds is 8. The number of benzene rings is 2. The van der Waals surface area contributed by atoms with Gasteiger partial charge in [-0.2, -0.15) is 0 Å². The van der Waals surface area contributed by atoms with Gasteiger partial charge in [-0.3, -0.25) is 24.3 Å². The summed E-state index contributed by atoms with van der Waals surface area (Å²) in [6.07, 6.45) is 0.683. The first-order valence-electron chi connectivity index (χ1n) is 10.2. The Kier molecular flexibility index (Phi) is 6.99. The second kappa shape index (κ2) is 10.1. The summed E-state index contributed by atoms with van der Waals surface area (Å²) in [6.45, 7) is 2.46. The molecule has 11 heteroatoms. The van der Waals surface area contributed by atoms with Crippen molar-refractivity contribution in [3.8, 4) is 11.4 Å². The maximum absolute atomic E-state index is 13.2. The van der Waals surface area contributed by atoms with Crippen molar-refractivity contribution in [1.29, 1.82) is 0 Å². The highest BCUT2D eigenvalue weighted by Crippen LogP contribution is 2.30. The summed E-state index contributed by atoms with van der Waals surface area (Å²) in [6, 6.07) is 12.8. The van der Waals surface area contributed by atoms with Crippen LogP contribution in [0.15, 0.2) is 63.4 Å². The Morgan fingerprint density at radius 1 is 1.24 bits per heavy atom. The molecule has 4 rings (SSSR count). The minimum Gasteiger partial charge on any atom is -0.494 e. The molecule has 2 heterocycles. The third-order valence-electron chi connectivity index (χ3n) is 4.77. The Bertz CT molecular complexity index is 1240. The minimum atomic E-state index is -0.496. The van der Waals surface area contributed by atoms with E-state index >= 15 is 0 Å². The van der Waals surface area contributed by atoms with Crippen LogP contribution in [-0.2, 0) is 11.2 Å². The molecule has 0 unspecified atom stereocenters. The van der Waals surface area contributed by atoms with Crippen LogP contribution in [0.5, 0.6) is 5.75 Å². The van der Waals surface area contributed by atoms with Crippen LogP contribution in [0.3, 0.4) is 0 Å². The molecule has 0 saturated carbocycles. The zero-order valence-electron chi connectivity index (χ0n) is 17.6. The molecule has 0 bridgehead atoms. The van der Waals surface area contributed by atoms with Crippen molar-refractivity contribution in [3.05, 3.63) is 74.7 Å². The number of ether oxygens (including phenoxy) is 1. The van der Waals surface area contributed by atoms with Crippen LogP contribution in [-0.4, -0.2) is 38.5 Å². The molecule has 9 nitrogen and oxygen atoms in total. The quantitative estimate of drug-likeness (QED) is 0.221. The van der Waals surface area contributed by atoms with Gasteiger partial charge in [-0.05, 0) is 43.3 Å². The number of non-ortho nitro benzene ring substituents is 1. The van der Waals surface area contributed by atoms with Gasteiger partial charge in [-0.1, -0.05) is 11.8 Å². The maximum Gasteiger partial charge on any atom is 0.272 e. The number of anilines is 1. The van der Waals surface area contributed by atoms with Crippen molar-refractivity contribution < 1.29 is 14.5 Å². The van der Waals surface area contributed by atoms with Crippen LogP contribution in [0.4, 0.5) is 11.4 Å². The number of fused-ring (bicyclic) bond motifs is 1. The number of aryl methyl sites for hydroxylation is 1. The highest BCUT2D eigenvalue weighted by atomic mass is 32.2. The molecule has 0 radical (unpaired) electrons. The van der Waals surface area contributed by atoms with Crippen molar-refractivity contribution in [1.82, 2.24) is 9.55 Å². The van der Waals surface area contributed by atoms with Gasteiger partial charge in [0, 0.05) is 30.0 Å². The summed E-state index contributed by atoms with van der Waals surface area (Å²) < 4.78 is 6.81. The van der Waals surface area contributed by atoms with Crippen LogP contribution in [0, 0.1) is 10.1 Å². The van der Waals surface area contributed by atoms with Crippen LogP contribution in [0.2, 0.25) is 0 Å². The van der Waals surface area contributed by atoms with Gasteiger partial charge < -0.3 is 10.1 Å². The van der Waals surface area contributed by atoms with Gasteiger partial charge in [-0.15, -0.1) is 11.8 Å². The van der Waals surface area contributed by atoms with Crippen LogP contribution < -0.4 is 15.6 Å². The second-order valence-electron chi connectivity index (χ2n) is 6.98. The van der Waals surface area contributed by atoms with Gasteiger partial charge in [0.05, 0.1) is 33.6 Å². The number of amides is 1. The van der Waals surface area contributed by atoms with Gasteiger partial charge in [0.2, 0.25) is 5.91 Å². The summed E-state index contributed by atoms with van der Waals surface area (Å²) in [5.41, 5.74) is 1.51. The fraction of sp³-hybridized carbons (Fsp3) is 0.227. The molecule has 0 spiro atoms. The number of aromatic nitrogens is 2. The van der Waals surface area contributed by atoms with Gasteiger partial charge in [0.15, 0.2) is 5.16 Å². The first-order chi connectivity index (χ1) is 16.0. The number of hydrogen-bond donors (Lipinski definition) is 1. The van der Waals surface area contributed by atoms with Crippen molar-refractivity contribution >= 4 is 40.8 Å². The Labute approximate surface area is 197 Å². The van der Waals surface area contributed by atoms with Crippen molar-refractivity contribution in [2.45, 2.75) is 23.4 Å². The van der Waals surface area contributed by atoms with E-state index in [9.17, 15) is 19.7 Å². The SMILES string of the molecule is CCOc1ccc(NC(=O)CSc2nc3c(c(=O)n2-c2ccc([N+](=O)[O-])cc2)SCC3)cc1. The largest absolute Gasteiger partial charge is 0.494 e. The van der Waals surface area contributed by atoms with Gasteiger partial charge in [0.1, 0.15) is 5.75 Å². The maximum atomic E-state index is 13.2. The third-order valence-corrected chi connectivity index (χ3v) is 6.81. The zero-order chi connectivity index (χ0) is 23.4. The average Bonchev–Trinajstić information content (AvgIpc) is 3.28. The fourth-order valence-electron chi connectivity index (χ4n) is 3.27. The third kappa shape index (κ3) is 5.20. The van der Waals surface area contributed by atoms with E-state index in [2.05, 4.69) is 10.3 Å². The number of nitro benzene ring substituents is 1. The number of nitrogens with one attached hydrogen (secondary N) is 1. The molecule has 1 aromatic heterocycles. The van der Waals surface area contributed by atoms with Crippen molar-refractivity contribution in [2.24, 2.45) is 0 Å². The average molecular weight is 485 g/mol. The highest BCUT2D eigenvalue weighted by molar-refractivity contribution is 8.00. The van der Waals surface area contributed by atoms with E-state index in [1.54, 1.807) is 24.3 Å². The molecule has 1 aliphatic rings. The van der Waals surface area contributed by atoms with Crippen LogP contribution in [0.1, 0.15) is 12.6 Å². The molecule has 0 saturated heterocycles.